The van der Waals surface area contributed by atoms with Gasteiger partial charge in [-0.05, 0) is 71.8 Å². The van der Waals surface area contributed by atoms with Crippen LogP contribution in [-0.4, -0.2) is 22.6 Å². The molecule has 0 saturated heterocycles. The van der Waals surface area contributed by atoms with Gasteiger partial charge in [0.25, 0.3) is 0 Å². The summed E-state index contributed by atoms with van der Waals surface area (Å²) in [5.41, 5.74) is 3.64. The molecule has 30 heavy (non-hydrogen) atoms. The minimum Gasteiger partial charge on any atom is -0.0692 e. The minimum atomic E-state index is -0.0253. The molecule has 2 aromatic rings. The minimum absolute atomic E-state index is 0.0253. The van der Waals surface area contributed by atoms with Crippen molar-refractivity contribution in [2.45, 2.75) is 101 Å². The monoisotopic (exact) mass is 438 g/mol. The first-order valence-electron chi connectivity index (χ1n) is 12.4. The van der Waals surface area contributed by atoms with Crippen LogP contribution >= 0.6 is 15.8 Å². The van der Waals surface area contributed by atoms with Gasteiger partial charge in [0.2, 0.25) is 0 Å². The van der Waals surface area contributed by atoms with Gasteiger partial charge in [-0.1, -0.05) is 116 Å². The number of hydrogen-bond acceptors (Lipinski definition) is 0. The number of rotatable bonds is 9. The van der Waals surface area contributed by atoms with Crippen LogP contribution in [0.4, 0.5) is 0 Å². The Bertz CT molecular complexity index is 666. The van der Waals surface area contributed by atoms with Gasteiger partial charge in [-0.2, -0.15) is 0 Å². The molecule has 4 atom stereocenters. The zero-order valence-electron chi connectivity index (χ0n) is 19.0. The zero-order chi connectivity index (χ0) is 20.8. The highest BCUT2D eigenvalue weighted by Crippen LogP contribution is 2.56. The average Bonchev–Trinajstić information content (AvgIpc) is 3.49. The second kappa shape index (κ2) is 11.2. The van der Waals surface area contributed by atoms with Crippen LogP contribution in [0.5, 0.6) is 0 Å². The Hall–Kier alpha value is -0.700. The van der Waals surface area contributed by atoms with Gasteiger partial charge >= 0.3 is 0 Å². The van der Waals surface area contributed by atoms with E-state index in [1.54, 1.807) is 10.6 Å². The second-order valence-electron chi connectivity index (χ2n) is 9.64. The summed E-state index contributed by atoms with van der Waals surface area (Å²) in [6.07, 6.45) is 14.5. The average molecular weight is 439 g/mol. The van der Waals surface area contributed by atoms with Crippen molar-refractivity contribution < 1.29 is 0 Å². The van der Waals surface area contributed by atoms with E-state index >= 15 is 0 Å². The number of benzene rings is 2. The Labute approximate surface area is 187 Å². The maximum atomic E-state index is 2.59. The molecule has 0 radical (unpaired) electrons. The first-order valence-corrected chi connectivity index (χ1v) is 15.4. The highest BCUT2D eigenvalue weighted by Gasteiger charge is 2.33. The molecule has 4 rings (SSSR count). The Morgan fingerprint density at radius 3 is 1.27 bits per heavy atom. The lowest BCUT2D eigenvalue weighted by molar-refractivity contribution is 0.701. The quantitative estimate of drug-likeness (QED) is 0.348. The molecule has 0 amide bonds. The van der Waals surface area contributed by atoms with E-state index in [4.69, 9.17) is 0 Å². The summed E-state index contributed by atoms with van der Waals surface area (Å²) in [5, 5.41) is 3.33. The molecule has 2 aromatic carbocycles. The summed E-state index contributed by atoms with van der Waals surface area (Å²) >= 11 is 0. The van der Waals surface area contributed by atoms with E-state index in [0.717, 1.165) is 22.6 Å². The van der Waals surface area contributed by atoms with Crippen molar-refractivity contribution in [3.8, 4) is 0 Å². The molecule has 2 fully saturated rings. The Morgan fingerprint density at radius 1 is 0.600 bits per heavy atom. The van der Waals surface area contributed by atoms with Crippen molar-refractivity contribution in [1.82, 2.24) is 0 Å². The summed E-state index contributed by atoms with van der Waals surface area (Å²) in [6, 6.07) is 23.2. The van der Waals surface area contributed by atoms with Crippen LogP contribution < -0.4 is 10.6 Å². The fourth-order valence-electron chi connectivity index (χ4n) is 5.98. The van der Waals surface area contributed by atoms with Gasteiger partial charge in [-0.15, -0.1) is 0 Å². The lowest BCUT2D eigenvalue weighted by atomic mass is 10.2. The van der Waals surface area contributed by atoms with E-state index in [1.165, 1.54) is 64.2 Å². The van der Waals surface area contributed by atoms with Crippen molar-refractivity contribution >= 4 is 26.5 Å². The SMILES string of the molecule is CC(CCC(C)[P@](c1ccccc1)C1CCCC1)P(c1ccccc1)C1CCCC1. The summed E-state index contributed by atoms with van der Waals surface area (Å²) in [4.78, 5) is 0. The van der Waals surface area contributed by atoms with Gasteiger partial charge in [0.15, 0.2) is 0 Å². The Morgan fingerprint density at radius 2 is 0.933 bits per heavy atom. The predicted molar refractivity (Wildman–Crippen MR) is 139 cm³/mol. The lowest BCUT2D eigenvalue weighted by Crippen LogP contribution is -2.22. The smallest absolute Gasteiger partial charge is 0.0167 e. The Kier molecular flexibility index (Phi) is 8.43. The van der Waals surface area contributed by atoms with Crippen LogP contribution in [-0.2, 0) is 0 Å². The molecule has 162 valence electrons. The fraction of sp³-hybridized carbons (Fsp3) is 0.571. The molecule has 0 spiro atoms. The van der Waals surface area contributed by atoms with Gasteiger partial charge in [0, 0.05) is 0 Å². The fourth-order valence-corrected chi connectivity index (χ4v) is 13.0. The summed E-state index contributed by atoms with van der Waals surface area (Å²) in [5.74, 6) is 0. The van der Waals surface area contributed by atoms with Crippen molar-refractivity contribution in [2.24, 2.45) is 0 Å². The van der Waals surface area contributed by atoms with Crippen LogP contribution in [0, 0.1) is 0 Å². The van der Waals surface area contributed by atoms with Crippen LogP contribution in [0.3, 0.4) is 0 Å². The maximum absolute atomic E-state index is 2.59. The largest absolute Gasteiger partial charge is 0.0692 e. The first kappa shape index (κ1) is 22.5. The molecule has 0 aromatic heterocycles. The molecular formula is C28H40P2. The topological polar surface area (TPSA) is 0 Å². The van der Waals surface area contributed by atoms with Gasteiger partial charge < -0.3 is 0 Å². The molecule has 0 N–H and O–H groups in total. The van der Waals surface area contributed by atoms with E-state index in [0.29, 0.717) is 0 Å². The molecule has 0 aliphatic heterocycles. The normalized spacial score (nSPS) is 22.1. The molecule has 0 nitrogen and oxygen atoms in total. The third-order valence-electron chi connectivity index (χ3n) is 7.50. The third-order valence-corrected chi connectivity index (χ3v) is 14.3. The molecule has 2 aliphatic carbocycles. The third kappa shape index (κ3) is 5.56. The summed E-state index contributed by atoms with van der Waals surface area (Å²) in [6.45, 7) is 5.17. The van der Waals surface area contributed by atoms with Crippen LogP contribution in [0.1, 0.15) is 78.1 Å². The number of hydrogen-bond donors (Lipinski definition) is 0. The van der Waals surface area contributed by atoms with E-state index in [1.807, 2.05) is 0 Å². The molecular weight excluding hydrogens is 398 g/mol. The first-order chi connectivity index (χ1) is 14.7. The van der Waals surface area contributed by atoms with Gasteiger partial charge in [0.05, 0.1) is 0 Å². The van der Waals surface area contributed by atoms with Crippen molar-refractivity contribution in [3.05, 3.63) is 60.7 Å². The molecule has 2 heteroatoms. The van der Waals surface area contributed by atoms with E-state index < -0.39 is 0 Å². The Balaban J connectivity index is 1.45. The van der Waals surface area contributed by atoms with E-state index in [-0.39, 0.29) is 15.8 Å². The van der Waals surface area contributed by atoms with Gasteiger partial charge in [-0.3, -0.25) is 0 Å². The van der Waals surface area contributed by atoms with Crippen molar-refractivity contribution in [3.63, 3.8) is 0 Å². The van der Waals surface area contributed by atoms with Crippen LogP contribution in [0.2, 0.25) is 0 Å². The molecule has 2 saturated carbocycles. The van der Waals surface area contributed by atoms with E-state index in [9.17, 15) is 0 Å². The molecule has 2 aliphatic rings. The predicted octanol–water partition coefficient (Wildman–Crippen LogP) is 8.04. The summed E-state index contributed by atoms with van der Waals surface area (Å²) in [7, 11) is -0.0506. The van der Waals surface area contributed by atoms with Gasteiger partial charge in [-0.25, -0.2) is 0 Å². The summed E-state index contributed by atoms with van der Waals surface area (Å²) < 4.78 is 0. The molecule has 0 bridgehead atoms. The standard InChI is InChI=1S/C28H40P2/c1-23(29(27-17-9-10-18-27)25-13-5-3-6-14-25)21-22-24(2)30(28-19-11-12-20-28)26-15-7-4-8-16-26/h3-8,13-16,23-24,27-28H,9-12,17-22H2,1-2H3/t23?,24?,29-,30?/m1/s1. The zero-order valence-corrected chi connectivity index (χ0v) is 20.8. The van der Waals surface area contributed by atoms with Crippen LogP contribution in [0.15, 0.2) is 60.7 Å². The van der Waals surface area contributed by atoms with E-state index in [2.05, 4.69) is 74.5 Å². The van der Waals surface area contributed by atoms with Gasteiger partial charge in [0.1, 0.15) is 0 Å². The van der Waals surface area contributed by atoms with Crippen molar-refractivity contribution in [1.29, 1.82) is 0 Å². The highest BCUT2D eigenvalue weighted by molar-refractivity contribution is 7.67. The highest BCUT2D eigenvalue weighted by atomic mass is 31.1. The molecule has 0 heterocycles. The maximum Gasteiger partial charge on any atom is -0.0167 e. The lowest BCUT2D eigenvalue weighted by Gasteiger charge is -2.34. The molecule has 3 unspecified atom stereocenters. The van der Waals surface area contributed by atoms with Crippen LogP contribution in [0.25, 0.3) is 0 Å². The second-order valence-corrected chi connectivity index (χ2v) is 15.5. The van der Waals surface area contributed by atoms with Crippen molar-refractivity contribution in [2.75, 3.05) is 0 Å².